The van der Waals surface area contributed by atoms with Crippen LogP contribution in [-0.2, 0) is 14.7 Å². The summed E-state index contributed by atoms with van der Waals surface area (Å²) in [6.07, 6.45) is 3.76. The van der Waals surface area contributed by atoms with Gasteiger partial charge < -0.3 is 4.84 Å². The average Bonchev–Trinajstić information content (AvgIpc) is 2.72. The maximum absolute atomic E-state index is 12.0. The van der Waals surface area contributed by atoms with Gasteiger partial charge >= 0.3 is 0 Å². The molecule has 0 fully saturated rings. The summed E-state index contributed by atoms with van der Waals surface area (Å²) in [4.78, 5) is 5.09. The van der Waals surface area contributed by atoms with Gasteiger partial charge in [0.2, 0.25) is 0 Å². The highest BCUT2D eigenvalue weighted by Gasteiger charge is 2.35. The van der Waals surface area contributed by atoms with E-state index >= 15 is 0 Å². The third kappa shape index (κ3) is 3.67. The second-order valence-corrected chi connectivity index (χ2v) is 7.14. The third-order valence-corrected chi connectivity index (χ3v) is 4.32. The van der Waals surface area contributed by atoms with Gasteiger partial charge in [-0.3, -0.25) is 0 Å². The number of oxime groups is 1. The monoisotopic (exact) mass is 279 g/mol. The van der Waals surface area contributed by atoms with E-state index < -0.39 is 15.4 Å². The molecule has 19 heavy (non-hydrogen) atoms. The van der Waals surface area contributed by atoms with Crippen LogP contribution < -0.4 is 0 Å². The Kier molecular flexibility index (Phi) is 3.75. The predicted molar refractivity (Wildman–Crippen MR) is 76.5 cm³/mol. The summed E-state index contributed by atoms with van der Waals surface area (Å²) in [5.74, 6) is -0.0554. The van der Waals surface area contributed by atoms with E-state index in [1.165, 1.54) is 0 Å². The standard InChI is InChI=1S/C14H17NO3S/c1-14(2)11-13(15-18-14)19(16,17)10-6-9-12-7-4-3-5-8-12/h3-9H,10-11H2,1-2H3. The lowest BCUT2D eigenvalue weighted by molar-refractivity contribution is 0.0123. The number of sulfone groups is 1. The van der Waals surface area contributed by atoms with E-state index in [1.54, 1.807) is 12.2 Å². The second kappa shape index (κ2) is 5.17. The molecule has 2 rings (SSSR count). The molecule has 1 aromatic rings. The quantitative estimate of drug-likeness (QED) is 0.854. The molecule has 1 aromatic carbocycles. The summed E-state index contributed by atoms with van der Waals surface area (Å²) < 4.78 is 24.1. The summed E-state index contributed by atoms with van der Waals surface area (Å²) in [6.45, 7) is 3.64. The average molecular weight is 279 g/mol. The first kappa shape index (κ1) is 13.8. The summed E-state index contributed by atoms with van der Waals surface area (Å²) in [5, 5.41) is 3.82. The van der Waals surface area contributed by atoms with Crippen molar-refractivity contribution in [3.63, 3.8) is 0 Å². The first-order chi connectivity index (χ1) is 8.89. The largest absolute Gasteiger partial charge is 0.389 e. The summed E-state index contributed by atoms with van der Waals surface area (Å²) in [5.41, 5.74) is 0.452. The second-order valence-electron chi connectivity index (χ2n) is 5.11. The van der Waals surface area contributed by atoms with Crippen molar-refractivity contribution < 1.29 is 13.3 Å². The fourth-order valence-corrected chi connectivity index (χ4v) is 3.00. The van der Waals surface area contributed by atoms with Crippen LogP contribution in [0.5, 0.6) is 0 Å². The minimum Gasteiger partial charge on any atom is -0.389 e. The van der Waals surface area contributed by atoms with Crippen LogP contribution in [0.25, 0.3) is 6.08 Å². The molecule has 0 atom stereocenters. The highest BCUT2D eigenvalue weighted by molar-refractivity contribution is 8.06. The Bertz CT molecular complexity index is 601. The van der Waals surface area contributed by atoms with Gasteiger partial charge in [-0.15, -0.1) is 0 Å². The van der Waals surface area contributed by atoms with Gasteiger partial charge in [0, 0.05) is 6.42 Å². The lowest BCUT2D eigenvalue weighted by atomic mass is 10.1. The molecule has 0 N–H and O–H groups in total. The Morgan fingerprint density at radius 2 is 2.00 bits per heavy atom. The van der Waals surface area contributed by atoms with Crippen LogP contribution in [0.2, 0.25) is 0 Å². The molecular formula is C14H17NO3S. The molecule has 0 saturated heterocycles. The zero-order valence-corrected chi connectivity index (χ0v) is 11.9. The third-order valence-electron chi connectivity index (χ3n) is 2.76. The van der Waals surface area contributed by atoms with E-state index in [4.69, 9.17) is 4.84 Å². The maximum atomic E-state index is 12.0. The zero-order chi connectivity index (χ0) is 13.9. The molecule has 0 saturated carbocycles. The summed E-state index contributed by atoms with van der Waals surface area (Å²) >= 11 is 0. The fraction of sp³-hybridized carbons (Fsp3) is 0.357. The Labute approximate surface area is 113 Å². The summed E-state index contributed by atoms with van der Waals surface area (Å²) in [6, 6.07) is 9.57. The van der Waals surface area contributed by atoms with Crippen molar-refractivity contribution in [1.82, 2.24) is 0 Å². The molecule has 1 heterocycles. The molecule has 0 bridgehead atoms. The number of benzene rings is 1. The Balaban J connectivity index is 2.02. The number of nitrogens with zero attached hydrogens (tertiary/aromatic N) is 1. The van der Waals surface area contributed by atoms with Gasteiger partial charge in [0.05, 0.1) is 5.75 Å². The number of hydrogen-bond donors (Lipinski definition) is 0. The molecular weight excluding hydrogens is 262 g/mol. The normalized spacial score (nSPS) is 18.3. The van der Waals surface area contributed by atoms with Crippen molar-refractivity contribution in [2.75, 3.05) is 5.75 Å². The van der Waals surface area contributed by atoms with E-state index in [-0.39, 0.29) is 10.8 Å². The fourth-order valence-electron chi connectivity index (χ4n) is 1.74. The molecule has 5 heteroatoms. The van der Waals surface area contributed by atoms with Crippen LogP contribution in [0, 0.1) is 0 Å². The molecule has 0 amide bonds. The first-order valence-electron chi connectivity index (χ1n) is 6.08. The smallest absolute Gasteiger partial charge is 0.198 e. The van der Waals surface area contributed by atoms with Crippen molar-refractivity contribution in [3.8, 4) is 0 Å². The molecule has 4 nitrogen and oxygen atoms in total. The van der Waals surface area contributed by atoms with E-state index in [0.29, 0.717) is 6.42 Å². The molecule has 0 unspecified atom stereocenters. The summed E-state index contributed by atoms with van der Waals surface area (Å²) in [7, 11) is -3.36. The van der Waals surface area contributed by atoms with E-state index in [2.05, 4.69) is 5.16 Å². The molecule has 1 aliphatic heterocycles. The van der Waals surface area contributed by atoms with Crippen LogP contribution in [-0.4, -0.2) is 24.8 Å². The molecule has 0 aliphatic carbocycles. The van der Waals surface area contributed by atoms with E-state index in [0.717, 1.165) is 5.56 Å². The lowest BCUT2D eigenvalue weighted by Crippen LogP contribution is -2.23. The van der Waals surface area contributed by atoms with Gasteiger partial charge in [-0.25, -0.2) is 8.42 Å². The van der Waals surface area contributed by atoms with Crippen molar-refractivity contribution in [2.24, 2.45) is 5.16 Å². The van der Waals surface area contributed by atoms with Crippen LogP contribution in [0.3, 0.4) is 0 Å². The highest BCUT2D eigenvalue weighted by atomic mass is 32.2. The van der Waals surface area contributed by atoms with Gasteiger partial charge in [-0.1, -0.05) is 47.6 Å². The minimum absolute atomic E-state index is 0.0554. The van der Waals surface area contributed by atoms with Crippen molar-refractivity contribution in [3.05, 3.63) is 42.0 Å². The number of hydrogen-bond acceptors (Lipinski definition) is 4. The van der Waals surface area contributed by atoms with E-state index in [9.17, 15) is 8.42 Å². The van der Waals surface area contributed by atoms with Gasteiger partial charge in [0.15, 0.2) is 14.9 Å². The predicted octanol–water partition coefficient (Wildman–Crippen LogP) is 2.63. The van der Waals surface area contributed by atoms with Crippen LogP contribution in [0.15, 0.2) is 41.6 Å². The SMILES string of the molecule is CC1(C)CC(S(=O)(=O)CC=Cc2ccccc2)=NO1. The van der Waals surface area contributed by atoms with Crippen molar-refractivity contribution in [1.29, 1.82) is 0 Å². The highest BCUT2D eigenvalue weighted by Crippen LogP contribution is 2.25. The Morgan fingerprint density at radius 1 is 1.32 bits per heavy atom. The molecule has 0 radical (unpaired) electrons. The Morgan fingerprint density at radius 3 is 2.58 bits per heavy atom. The van der Waals surface area contributed by atoms with Gasteiger partial charge in [0.25, 0.3) is 0 Å². The van der Waals surface area contributed by atoms with Crippen LogP contribution in [0.1, 0.15) is 25.8 Å². The first-order valence-corrected chi connectivity index (χ1v) is 7.74. The van der Waals surface area contributed by atoms with Crippen LogP contribution >= 0.6 is 0 Å². The van der Waals surface area contributed by atoms with Gasteiger partial charge in [-0.2, -0.15) is 0 Å². The minimum atomic E-state index is -3.36. The topological polar surface area (TPSA) is 55.7 Å². The van der Waals surface area contributed by atoms with Crippen molar-refractivity contribution in [2.45, 2.75) is 25.9 Å². The molecule has 102 valence electrons. The number of rotatable bonds is 3. The maximum Gasteiger partial charge on any atom is 0.198 e. The van der Waals surface area contributed by atoms with Gasteiger partial charge in [-0.05, 0) is 19.4 Å². The molecule has 1 aliphatic rings. The van der Waals surface area contributed by atoms with Crippen LogP contribution in [0.4, 0.5) is 0 Å². The van der Waals surface area contributed by atoms with Gasteiger partial charge in [0.1, 0.15) is 5.60 Å². The Hall–Kier alpha value is -1.62. The zero-order valence-electron chi connectivity index (χ0n) is 11.0. The van der Waals surface area contributed by atoms with Crippen molar-refractivity contribution >= 4 is 21.0 Å². The molecule has 0 aromatic heterocycles. The van der Waals surface area contributed by atoms with E-state index in [1.807, 2.05) is 44.2 Å². The lowest BCUT2D eigenvalue weighted by Gasteiger charge is -2.12. The molecule has 0 spiro atoms.